The lowest BCUT2D eigenvalue weighted by Crippen LogP contribution is -2.30. The van der Waals surface area contributed by atoms with E-state index in [9.17, 15) is 43.2 Å². The number of aliphatic hydroxyl groups excluding tert-OH is 1. The molecule has 0 aliphatic heterocycles. The molecule has 498 valence electrons. The van der Waals surface area contributed by atoms with Crippen LogP contribution in [0.25, 0.3) is 0 Å². The number of aliphatic hydroxyl groups is 1. The van der Waals surface area contributed by atoms with Crippen molar-refractivity contribution in [3.05, 3.63) is 0 Å². The van der Waals surface area contributed by atoms with E-state index in [0.717, 1.165) is 115 Å². The van der Waals surface area contributed by atoms with Gasteiger partial charge in [0.15, 0.2) is 12.2 Å². The highest BCUT2D eigenvalue weighted by Crippen LogP contribution is 2.45. The standard InChI is InChI=1S/C65H126O17P2/c1-8-11-12-13-14-15-16-17-18-19-20-21-22-34-41-48-64(69)81-60(52-76-63(68)47-40-33-27-24-30-37-44-57(6)9-2)54-79-83(71,72)77-50-59(66)51-78-84(73,74)80-55-61(53-75-62(67)46-39-32-26-23-29-36-43-56(4)5)82-65(70)49-42-35-28-25-31-38-45-58(7)10-3/h56-61,66H,8-55H2,1-7H3,(H,71,72)(H,73,74)/t57?,58?,59-,60-,61-/m1/s1. The lowest BCUT2D eigenvalue weighted by molar-refractivity contribution is -0.161. The first-order valence-electron chi connectivity index (χ1n) is 33.9. The highest BCUT2D eigenvalue weighted by molar-refractivity contribution is 7.47. The van der Waals surface area contributed by atoms with Gasteiger partial charge in [-0.25, -0.2) is 9.13 Å². The minimum absolute atomic E-state index is 0.101. The van der Waals surface area contributed by atoms with Crippen molar-refractivity contribution in [2.24, 2.45) is 17.8 Å². The van der Waals surface area contributed by atoms with Crippen LogP contribution in [0, 0.1) is 17.8 Å². The molecule has 0 heterocycles. The third-order valence-corrected chi connectivity index (χ3v) is 17.5. The first kappa shape index (κ1) is 82.1. The van der Waals surface area contributed by atoms with Crippen LogP contribution in [0.3, 0.4) is 0 Å². The predicted molar refractivity (Wildman–Crippen MR) is 335 cm³/mol. The molecule has 0 spiro atoms. The number of hydrogen-bond donors (Lipinski definition) is 3. The summed E-state index contributed by atoms with van der Waals surface area (Å²) < 4.78 is 68.0. The third kappa shape index (κ3) is 56.6. The molecule has 0 aliphatic carbocycles. The zero-order chi connectivity index (χ0) is 62.4. The quantitative estimate of drug-likeness (QED) is 0.0222. The van der Waals surface area contributed by atoms with Crippen molar-refractivity contribution >= 4 is 39.5 Å². The molecule has 0 aliphatic rings. The van der Waals surface area contributed by atoms with Gasteiger partial charge in [-0.3, -0.25) is 37.3 Å². The normalized spacial score (nSPS) is 15.0. The Morgan fingerprint density at radius 1 is 0.345 bits per heavy atom. The van der Waals surface area contributed by atoms with Gasteiger partial charge in [-0.2, -0.15) is 0 Å². The average Bonchev–Trinajstić information content (AvgIpc) is 3.50. The second-order valence-electron chi connectivity index (χ2n) is 24.5. The molecule has 0 radical (unpaired) electrons. The monoisotopic (exact) mass is 1240 g/mol. The first-order valence-corrected chi connectivity index (χ1v) is 36.9. The molecule has 19 heteroatoms. The molecule has 84 heavy (non-hydrogen) atoms. The fourth-order valence-electron chi connectivity index (χ4n) is 9.59. The lowest BCUT2D eigenvalue weighted by Gasteiger charge is -2.21. The summed E-state index contributed by atoms with van der Waals surface area (Å²) in [4.78, 5) is 72.2. The minimum Gasteiger partial charge on any atom is -0.462 e. The molecule has 3 N–H and O–H groups in total. The van der Waals surface area contributed by atoms with E-state index in [0.29, 0.717) is 31.6 Å². The fourth-order valence-corrected chi connectivity index (χ4v) is 11.2. The summed E-state index contributed by atoms with van der Waals surface area (Å²) in [6, 6.07) is 0. The Bertz CT molecular complexity index is 1670. The second-order valence-corrected chi connectivity index (χ2v) is 27.4. The number of unbranched alkanes of at least 4 members (excludes halogenated alkanes) is 29. The van der Waals surface area contributed by atoms with E-state index in [1.54, 1.807) is 0 Å². The number of ether oxygens (including phenoxy) is 4. The van der Waals surface area contributed by atoms with Gasteiger partial charge in [0, 0.05) is 25.7 Å². The van der Waals surface area contributed by atoms with Crippen molar-refractivity contribution in [2.75, 3.05) is 39.6 Å². The highest BCUT2D eigenvalue weighted by atomic mass is 31.2. The van der Waals surface area contributed by atoms with E-state index in [-0.39, 0.29) is 25.7 Å². The zero-order valence-corrected chi connectivity index (χ0v) is 56.1. The van der Waals surface area contributed by atoms with Gasteiger partial charge >= 0.3 is 39.5 Å². The molecular formula is C65H126O17P2. The molecular weight excluding hydrogens is 1110 g/mol. The maximum absolute atomic E-state index is 13.0. The lowest BCUT2D eigenvalue weighted by atomic mass is 10.00. The molecule has 0 saturated heterocycles. The van der Waals surface area contributed by atoms with Crippen LogP contribution in [0.15, 0.2) is 0 Å². The molecule has 17 nitrogen and oxygen atoms in total. The van der Waals surface area contributed by atoms with Crippen LogP contribution in [0.2, 0.25) is 0 Å². The van der Waals surface area contributed by atoms with Crippen LogP contribution in [0.4, 0.5) is 0 Å². The summed E-state index contributed by atoms with van der Waals surface area (Å²) in [6.45, 7) is 11.6. The smallest absolute Gasteiger partial charge is 0.462 e. The van der Waals surface area contributed by atoms with Crippen LogP contribution in [-0.2, 0) is 65.4 Å². The highest BCUT2D eigenvalue weighted by Gasteiger charge is 2.30. The van der Waals surface area contributed by atoms with E-state index < -0.39 is 97.5 Å². The first-order chi connectivity index (χ1) is 40.3. The van der Waals surface area contributed by atoms with E-state index >= 15 is 0 Å². The number of carbonyl (C=O) groups is 4. The topological polar surface area (TPSA) is 237 Å². The van der Waals surface area contributed by atoms with E-state index in [1.165, 1.54) is 116 Å². The van der Waals surface area contributed by atoms with Crippen LogP contribution >= 0.6 is 15.6 Å². The Hall–Kier alpha value is -1.94. The molecule has 4 unspecified atom stereocenters. The maximum Gasteiger partial charge on any atom is 0.472 e. The molecule has 0 rings (SSSR count). The zero-order valence-electron chi connectivity index (χ0n) is 54.4. The summed E-state index contributed by atoms with van der Waals surface area (Å²) in [7, 11) is -9.89. The van der Waals surface area contributed by atoms with E-state index in [2.05, 4.69) is 48.5 Å². The van der Waals surface area contributed by atoms with Crippen molar-refractivity contribution in [1.82, 2.24) is 0 Å². The van der Waals surface area contributed by atoms with Crippen LogP contribution < -0.4 is 0 Å². The Kier molecular flexibility index (Phi) is 55.0. The number of hydrogen-bond acceptors (Lipinski definition) is 15. The number of carbonyl (C=O) groups excluding carboxylic acids is 4. The van der Waals surface area contributed by atoms with Gasteiger partial charge in [-0.05, 0) is 43.4 Å². The Labute approximate surface area is 511 Å². The summed E-state index contributed by atoms with van der Waals surface area (Å²) in [5.41, 5.74) is 0. The molecule has 0 aromatic heterocycles. The Morgan fingerprint density at radius 2 is 0.607 bits per heavy atom. The average molecular weight is 1240 g/mol. The Morgan fingerprint density at radius 3 is 0.905 bits per heavy atom. The number of rotatable bonds is 63. The predicted octanol–water partition coefficient (Wildman–Crippen LogP) is 17.9. The van der Waals surface area contributed by atoms with Crippen LogP contribution in [0.1, 0.15) is 318 Å². The van der Waals surface area contributed by atoms with Crippen molar-refractivity contribution < 1.29 is 80.2 Å². The second kappa shape index (κ2) is 56.3. The molecule has 0 fully saturated rings. The molecule has 0 aromatic carbocycles. The van der Waals surface area contributed by atoms with Gasteiger partial charge in [0.2, 0.25) is 0 Å². The SMILES string of the molecule is CCCCCCCCCCCCCCCCCC(=O)O[C@H](COC(=O)CCCCCCCCC(C)CC)COP(=O)(O)OC[C@@H](O)COP(=O)(O)OC[C@@H](COC(=O)CCCCCCCCC(C)C)OC(=O)CCCCCCCCC(C)CC. The van der Waals surface area contributed by atoms with Crippen LogP contribution in [-0.4, -0.2) is 96.7 Å². The van der Waals surface area contributed by atoms with Crippen molar-refractivity contribution in [3.8, 4) is 0 Å². The van der Waals surface area contributed by atoms with Gasteiger partial charge < -0.3 is 33.8 Å². The van der Waals surface area contributed by atoms with Gasteiger partial charge in [-0.1, -0.05) is 267 Å². The largest absolute Gasteiger partial charge is 0.472 e. The Balaban J connectivity index is 5.24. The van der Waals surface area contributed by atoms with Crippen molar-refractivity contribution in [3.63, 3.8) is 0 Å². The summed E-state index contributed by atoms with van der Waals surface area (Å²) in [5.74, 6) is -0.00825. The molecule has 0 bridgehead atoms. The van der Waals surface area contributed by atoms with Gasteiger partial charge in [0.05, 0.1) is 26.4 Å². The fraction of sp³-hybridized carbons (Fsp3) is 0.938. The van der Waals surface area contributed by atoms with Crippen LogP contribution in [0.5, 0.6) is 0 Å². The minimum atomic E-state index is -4.95. The van der Waals surface area contributed by atoms with Gasteiger partial charge in [0.25, 0.3) is 0 Å². The molecule has 0 aromatic rings. The molecule has 0 saturated carbocycles. The summed E-state index contributed by atoms with van der Waals surface area (Å²) in [6.07, 6.45) is 37.8. The number of phosphoric acid groups is 2. The molecule has 0 amide bonds. The summed E-state index contributed by atoms with van der Waals surface area (Å²) in [5, 5.41) is 10.5. The van der Waals surface area contributed by atoms with E-state index in [1.807, 2.05) is 0 Å². The van der Waals surface area contributed by atoms with Crippen molar-refractivity contribution in [2.45, 2.75) is 336 Å². The number of esters is 4. The van der Waals surface area contributed by atoms with Gasteiger partial charge in [-0.15, -0.1) is 0 Å². The van der Waals surface area contributed by atoms with E-state index in [4.69, 9.17) is 37.0 Å². The maximum atomic E-state index is 13.0. The number of phosphoric ester groups is 2. The summed E-state index contributed by atoms with van der Waals surface area (Å²) >= 11 is 0. The van der Waals surface area contributed by atoms with Crippen molar-refractivity contribution in [1.29, 1.82) is 0 Å². The third-order valence-electron chi connectivity index (χ3n) is 15.6. The molecule has 7 atom stereocenters. The van der Waals surface area contributed by atoms with Gasteiger partial charge in [0.1, 0.15) is 19.3 Å².